The van der Waals surface area contributed by atoms with Gasteiger partial charge in [0.1, 0.15) is 0 Å². The van der Waals surface area contributed by atoms with Crippen LogP contribution in [0.3, 0.4) is 0 Å². The predicted molar refractivity (Wildman–Crippen MR) is 71.4 cm³/mol. The average molecular weight is 220 g/mol. The first-order valence-electron chi connectivity index (χ1n) is 5.94. The highest BCUT2D eigenvalue weighted by Crippen LogP contribution is 2.13. The monoisotopic (exact) mass is 220 g/mol. The van der Waals surface area contributed by atoms with E-state index < -0.39 is 0 Å². The highest BCUT2D eigenvalue weighted by atomic mass is 16.1. The van der Waals surface area contributed by atoms with Gasteiger partial charge in [-0.3, -0.25) is 4.79 Å². The first-order chi connectivity index (χ1) is 7.47. The predicted octanol–water partition coefficient (Wildman–Crippen LogP) is 4.46. The molecule has 0 aromatic heterocycles. The van der Waals surface area contributed by atoms with Crippen molar-refractivity contribution in [1.82, 2.24) is 0 Å². The molecule has 0 fully saturated rings. The van der Waals surface area contributed by atoms with Crippen LogP contribution in [0.4, 0.5) is 0 Å². The van der Waals surface area contributed by atoms with Crippen molar-refractivity contribution in [2.24, 2.45) is 5.92 Å². The van der Waals surface area contributed by atoms with Gasteiger partial charge < -0.3 is 0 Å². The van der Waals surface area contributed by atoms with Crippen LogP contribution in [0.2, 0.25) is 0 Å². The number of ketones is 1. The Morgan fingerprint density at radius 1 is 1.31 bits per heavy atom. The molecular weight excluding hydrogens is 196 g/mol. The molecule has 0 aliphatic heterocycles. The van der Waals surface area contributed by atoms with Crippen molar-refractivity contribution in [2.75, 3.05) is 0 Å². The Morgan fingerprint density at radius 3 is 2.44 bits per heavy atom. The lowest BCUT2D eigenvalue weighted by Crippen LogP contribution is -1.95. The smallest absolute Gasteiger partial charge is 0.155 e. The summed E-state index contributed by atoms with van der Waals surface area (Å²) in [5.74, 6) is 0.685. The molecule has 0 rings (SSSR count). The maximum absolute atomic E-state index is 11.0. The first-order valence-corrected chi connectivity index (χ1v) is 5.94. The quantitative estimate of drug-likeness (QED) is 0.436. The fourth-order valence-corrected chi connectivity index (χ4v) is 1.34. The molecule has 1 nitrogen and oxygen atoms in total. The molecule has 0 aliphatic carbocycles. The molecule has 1 unspecified atom stereocenters. The van der Waals surface area contributed by atoms with Crippen LogP contribution >= 0.6 is 0 Å². The molecule has 0 spiro atoms. The molecule has 0 aliphatic rings. The minimum absolute atomic E-state index is 0.105. The molecule has 0 saturated carbocycles. The van der Waals surface area contributed by atoms with Crippen LogP contribution in [0.15, 0.2) is 36.5 Å². The number of hydrogen-bond acceptors (Lipinski definition) is 1. The Hall–Kier alpha value is -1.11. The van der Waals surface area contributed by atoms with Crippen LogP contribution in [0.1, 0.15) is 46.5 Å². The van der Waals surface area contributed by atoms with Gasteiger partial charge in [-0.25, -0.2) is 0 Å². The summed E-state index contributed by atoms with van der Waals surface area (Å²) < 4.78 is 0. The molecule has 90 valence electrons. The highest BCUT2D eigenvalue weighted by molar-refractivity contribution is 5.92. The van der Waals surface area contributed by atoms with Crippen LogP contribution in [0.25, 0.3) is 0 Å². The molecule has 16 heavy (non-hydrogen) atoms. The van der Waals surface area contributed by atoms with Gasteiger partial charge in [-0.15, -0.1) is 6.58 Å². The molecular formula is C15H24O. The van der Waals surface area contributed by atoms with E-state index in [1.165, 1.54) is 5.57 Å². The summed E-state index contributed by atoms with van der Waals surface area (Å²) in [5, 5.41) is 0. The van der Waals surface area contributed by atoms with E-state index in [0.29, 0.717) is 5.92 Å². The van der Waals surface area contributed by atoms with Gasteiger partial charge in [-0.05, 0) is 51.0 Å². The average Bonchev–Trinajstić information content (AvgIpc) is 2.25. The van der Waals surface area contributed by atoms with Gasteiger partial charge in [0.2, 0.25) is 0 Å². The molecule has 0 aromatic rings. The van der Waals surface area contributed by atoms with Gasteiger partial charge in [0, 0.05) is 0 Å². The van der Waals surface area contributed by atoms with Crippen LogP contribution < -0.4 is 0 Å². The van der Waals surface area contributed by atoms with Gasteiger partial charge in [0.15, 0.2) is 5.78 Å². The normalized spacial score (nSPS) is 13.3. The Bertz CT molecular complexity index is 284. The van der Waals surface area contributed by atoms with Crippen molar-refractivity contribution in [3.63, 3.8) is 0 Å². The van der Waals surface area contributed by atoms with E-state index in [2.05, 4.69) is 33.1 Å². The van der Waals surface area contributed by atoms with E-state index in [1.807, 2.05) is 6.08 Å². The largest absolute Gasteiger partial charge is 0.295 e. The molecule has 0 amide bonds. The van der Waals surface area contributed by atoms with Gasteiger partial charge in [0.05, 0.1) is 0 Å². The zero-order chi connectivity index (χ0) is 12.6. The van der Waals surface area contributed by atoms with E-state index in [0.717, 1.165) is 31.3 Å². The van der Waals surface area contributed by atoms with E-state index in [-0.39, 0.29) is 5.78 Å². The number of rotatable bonds is 8. The van der Waals surface area contributed by atoms with Crippen molar-refractivity contribution in [3.05, 3.63) is 36.5 Å². The van der Waals surface area contributed by atoms with E-state index in [9.17, 15) is 4.79 Å². The summed E-state index contributed by atoms with van der Waals surface area (Å²) in [6.07, 6.45) is 8.21. The van der Waals surface area contributed by atoms with Gasteiger partial charge in [0.25, 0.3) is 0 Å². The van der Waals surface area contributed by atoms with E-state index in [1.54, 1.807) is 6.92 Å². The van der Waals surface area contributed by atoms with Crippen molar-refractivity contribution in [3.8, 4) is 0 Å². The number of carbonyl (C=O) groups is 1. The lowest BCUT2D eigenvalue weighted by Gasteiger charge is -2.04. The number of hydrogen-bond donors (Lipinski definition) is 0. The molecule has 0 N–H and O–H groups in total. The van der Waals surface area contributed by atoms with Crippen molar-refractivity contribution in [1.29, 1.82) is 0 Å². The third kappa shape index (κ3) is 7.22. The van der Waals surface area contributed by atoms with Gasteiger partial charge in [-0.2, -0.15) is 0 Å². The fraction of sp³-hybridized carbons (Fsp3) is 0.533. The third-order valence-electron chi connectivity index (χ3n) is 2.84. The third-order valence-corrected chi connectivity index (χ3v) is 2.84. The summed E-state index contributed by atoms with van der Waals surface area (Å²) in [6, 6.07) is 0. The second-order valence-corrected chi connectivity index (χ2v) is 4.50. The topological polar surface area (TPSA) is 17.1 Å². The summed E-state index contributed by atoms with van der Waals surface area (Å²) in [6.45, 7) is 13.4. The molecule has 0 bridgehead atoms. The lowest BCUT2D eigenvalue weighted by molar-refractivity contribution is -0.113. The molecule has 0 heterocycles. The number of carbonyl (C=O) groups excluding carboxylic acids is 1. The lowest BCUT2D eigenvalue weighted by atomic mass is 10.0. The van der Waals surface area contributed by atoms with Gasteiger partial charge in [-0.1, -0.05) is 31.2 Å². The van der Waals surface area contributed by atoms with Crippen molar-refractivity contribution in [2.45, 2.75) is 46.5 Å². The van der Waals surface area contributed by atoms with E-state index in [4.69, 9.17) is 0 Å². The minimum atomic E-state index is 0.105. The summed E-state index contributed by atoms with van der Waals surface area (Å²) in [5.41, 5.74) is 2.07. The molecule has 1 atom stereocenters. The molecule has 0 saturated heterocycles. The number of allylic oxidation sites excluding steroid dienone is 4. The molecule has 1 heteroatoms. The minimum Gasteiger partial charge on any atom is -0.295 e. The van der Waals surface area contributed by atoms with E-state index >= 15 is 0 Å². The van der Waals surface area contributed by atoms with Gasteiger partial charge >= 0.3 is 0 Å². The number of Topliss-reactive ketones (excluding diaryl/α,β-unsaturated/α-hetero) is 1. The summed E-state index contributed by atoms with van der Waals surface area (Å²) in [7, 11) is 0. The van der Waals surface area contributed by atoms with Crippen molar-refractivity contribution >= 4 is 5.78 Å². The second kappa shape index (κ2) is 8.09. The Labute approximate surface area is 99.9 Å². The zero-order valence-corrected chi connectivity index (χ0v) is 10.9. The van der Waals surface area contributed by atoms with Crippen LogP contribution in [-0.4, -0.2) is 5.78 Å². The molecule has 0 radical (unpaired) electrons. The zero-order valence-electron chi connectivity index (χ0n) is 10.9. The van der Waals surface area contributed by atoms with Crippen LogP contribution in [0, 0.1) is 5.92 Å². The molecule has 0 aromatic carbocycles. The maximum Gasteiger partial charge on any atom is 0.155 e. The first kappa shape index (κ1) is 14.9. The SMILES string of the molecule is C=CC(C)CC/C=C(\C)CCC(=C)C(C)=O. The Balaban J connectivity index is 3.83. The fourth-order valence-electron chi connectivity index (χ4n) is 1.34. The highest BCUT2D eigenvalue weighted by Gasteiger charge is 2.00. The van der Waals surface area contributed by atoms with Crippen LogP contribution in [0.5, 0.6) is 0 Å². The summed E-state index contributed by atoms with van der Waals surface area (Å²) in [4.78, 5) is 11.0. The summed E-state index contributed by atoms with van der Waals surface area (Å²) >= 11 is 0. The maximum atomic E-state index is 11.0. The Morgan fingerprint density at radius 2 is 1.94 bits per heavy atom. The Kier molecular flexibility index (Phi) is 7.53. The standard InChI is InChI=1S/C15H24O/c1-6-12(2)8-7-9-13(3)10-11-14(4)15(5)16/h6,9,12H,1,4,7-8,10-11H2,2-3,5H3/b13-9+. The second-order valence-electron chi connectivity index (χ2n) is 4.50. The van der Waals surface area contributed by atoms with Crippen molar-refractivity contribution < 1.29 is 4.79 Å². The van der Waals surface area contributed by atoms with Crippen LogP contribution in [-0.2, 0) is 4.79 Å².